The van der Waals surface area contributed by atoms with Crippen molar-refractivity contribution in [2.75, 3.05) is 26.2 Å². The molecule has 1 aliphatic heterocycles. The maximum Gasteiger partial charge on any atom is 0.316 e. The Morgan fingerprint density at radius 3 is 2.52 bits per heavy atom. The summed E-state index contributed by atoms with van der Waals surface area (Å²) < 4.78 is 5.70. The first-order valence-electron chi connectivity index (χ1n) is 7.07. The number of carbonyl (C=O) groups excluding carboxylic acids is 1. The topological polar surface area (TPSA) is 32.8 Å². The molecule has 0 spiro atoms. The van der Waals surface area contributed by atoms with Crippen molar-refractivity contribution in [1.29, 1.82) is 0 Å². The lowest BCUT2D eigenvalue weighted by Gasteiger charge is -2.33. The number of hydrogen-bond donors (Lipinski definition) is 0. The molecule has 0 unspecified atom stereocenters. The van der Waals surface area contributed by atoms with E-state index < -0.39 is 0 Å². The van der Waals surface area contributed by atoms with Crippen molar-refractivity contribution in [1.82, 2.24) is 9.80 Å². The van der Waals surface area contributed by atoms with Crippen molar-refractivity contribution < 1.29 is 9.53 Å². The van der Waals surface area contributed by atoms with Crippen LogP contribution in [0, 0.1) is 0 Å². The molecule has 1 aliphatic rings. The molecular formula is C15H20Cl2N2O2. The van der Waals surface area contributed by atoms with Gasteiger partial charge in [-0.1, -0.05) is 17.7 Å². The molecule has 1 fully saturated rings. The largest absolute Gasteiger partial charge is 0.489 e. The molecule has 1 amide bonds. The molecule has 1 aromatic rings. The Balaban J connectivity index is 1.96. The molecule has 0 N–H and O–H groups in total. The van der Waals surface area contributed by atoms with Gasteiger partial charge in [0.2, 0.25) is 0 Å². The Bertz CT molecular complexity index is 500. The third-order valence-corrected chi connectivity index (χ3v) is 3.94. The molecule has 6 heteroatoms. The smallest absolute Gasteiger partial charge is 0.316 e. The summed E-state index contributed by atoms with van der Waals surface area (Å²) in [6.07, 6.45) is 0.0935. The highest BCUT2D eigenvalue weighted by atomic mass is 35.5. The average Bonchev–Trinajstić information content (AvgIpc) is 2.42. The lowest BCUT2D eigenvalue weighted by atomic mass is 10.2. The van der Waals surface area contributed by atoms with E-state index in [9.17, 15) is 4.79 Å². The summed E-state index contributed by atoms with van der Waals surface area (Å²) in [5.41, 5.74) is 1.15. The van der Waals surface area contributed by atoms with Crippen molar-refractivity contribution >= 4 is 28.6 Å². The van der Waals surface area contributed by atoms with Gasteiger partial charge in [-0.3, -0.25) is 9.69 Å². The molecule has 0 atom stereocenters. The number of amides is 1. The first-order chi connectivity index (χ1) is 9.95. The molecule has 0 bridgehead atoms. The second-order valence-corrected chi connectivity index (χ2v) is 6.18. The number of piperazine rings is 1. The highest BCUT2D eigenvalue weighted by Crippen LogP contribution is 2.27. The van der Waals surface area contributed by atoms with E-state index in [1.54, 1.807) is 4.90 Å². The van der Waals surface area contributed by atoms with Crippen molar-refractivity contribution in [3.63, 3.8) is 0 Å². The van der Waals surface area contributed by atoms with Crippen molar-refractivity contribution in [2.45, 2.75) is 26.5 Å². The third-order valence-electron chi connectivity index (χ3n) is 3.39. The van der Waals surface area contributed by atoms with Gasteiger partial charge in [0.05, 0.1) is 11.1 Å². The van der Waals surface area contributed by atoms with Gasteiger partial charge >= 0.3 is 5.37 Å². The van der Waals surface area contributed by atoms with Gasteiger partial charge in [-0.05, 0) is 43.1 Å². The Morgan fingerprint density at radius 1 is 1.29 bits per heavy atom. The quantitative estimate of drug-likeness (QED) is 0.624. The number of ether oxygens (including phenoxy) is 1. The molecule has 1 saturated heterocycles. The predicted octanol–water partition coefficient (Wildman–Crippen LogP) is 3.60. The summed E-state index contributed by atoms with van der Waals surface area (Å²) in [6.45, 7) is 7.76. The fourth-order valence-corrected chi connectivity index (χ4v) is 2.66. The molecule has 0 radical (unpaired) electrons. The molecule has 0 aromatic heterocycles. The monoisotopic (exact) mass is 330 g/mol. The lowest BCUT2D eigenvalue weighted by molar-refractivity contribution is 0.148. The maximum atomic E-state index is 11.1. The van der Waals surface area contributed by atoms with E-state index >= 15 is 0 Å². The standard InChI is InChI=1S/C15H20Cl2N2O2/c1-11(2)21-14-9-12(3-4-13(14)16)10-18-5-7-19(8-6-18)15(17)20/h3-4,9,11H,5-8,10H2,1-2H3. The molecule has 4 nitrogen and oxygen atoms in total. The minimum Gasteiger partial charge on any atom is -0.489 e. The van der Waals surface area contributed by atoms with Crippen molar-refractivity contribution in [3.05, 3.63) is 28.8 Å². The van der Waals surface area contributed by atoms with Crippen LogP contribution in [0.15, 0.2) is 18.2 Å². The molecule has 21 heavy (non-hydrogen) atoms. The van der Waals surface area contributed by atoms with Crippen LogP contribution in [0.1, 0.15) is 19.4 Å². The summed E-state index contributed by atoms with van der Waals surface area (Å²) in [6, 6.07) is 5.86. The van der Waals surface area contributed by atoms with Crippen LogP contribution < -0.4 is 4.74 Å². The Labute approximate surface area is 135 Å². The first kappa shape index (κ1) is 16.4. The normalized spacial score (nSPS) is 16.3. The van der Waals surface area contributed by atoms with E-state index in [0.717, 1.165) is 30.9 Å². The van der Waals surface area contributed by atoms with E-state index in [0.29, 0.717) is 18.1 Å². The minimum atomic E-state index is -0.367. The first-order valence-corrected chi connectivity index (χ1v) is 7.83. The van der Waals surface area contributed by atoms with Gasteiger partial charge in [0, 0.05) is 32.7 Å². The summed E-state index contributed by atoms with van der Waals surface area (Å²) in [7, 11) is 0. The third kappa shape index (κ3) is 4.77. The molecule has 0 saturated carbocycles. The summed E-state index contributed by atoms with van der Waals surface area (Å²) in [4.78, 5) is 15.0. The van der Waals surface area contributed by atoms with Crippen LogP contribution in [0.3, 0.4) is 0 Å². The number of benzene rings is 1. The Kier molecular flexibility index (Phi) is 5.73. The van der Waals surface area contributed by atoms with Crippen LogP contribution in [-0.4, -0.2) is 47.4 Å². The van der Waals surface area contributed by atoms with Crippen molar-refractivity contribution in [2.24, 2.45) is 0 Å². The Hall–Kier alpha value is -0.970. The highest BCUT2D eigenvalue weighted by Gasteiger charge is 2.19. The van der Waals surface area contributed by atoms with Gasteiger partial charge in [0.1, 0.15) is 5.75 Å². The van der Waals surface area contributed by atoms with Gasteiger partial charge in [-0.2, -0.15) is 0 Å². The zero-order valence-corrected chi connectivity index (χ0v) is 13.8. The number of halogens is 2. The zero-order valence-electron chi connectivity index (χ0n) is 12.3. The number of carbonyl (C=O) groups is 1. The van der Waals surface area contributed by atoms with Gasteiger partial charge in [-0.15, -0.1) is 0 Å². The molecule has 2 rings (SSSR count). The minimum absolute atomic E-state index is 0.0935. The number of nitrogens with zero attached hydrogens (tertiary/aromatic N) is 2. The fourth-order valence-electron chi connectivity index (χ4n) is 2.33. The highest BCUT2D eigenvalue weighted by molar-refractivity contribution is 6.62. The second-order valence-electron chi connectivity index (χ2n) is 5.45. The van der Waals surface area contributed by atoms with Crippen LogP contribution in [0.2, 0.25) is 5.02 Å². The van der Waals surface area contributed by atoms with Gasteiger partial charge in [0.15, 0.2) is 0 Å². The summed E-state index contributed by atoms with van der Waals surface area (Å²) in [5.74, 6) is 0.721. The zero-order chi connectivity index (χ0) is 15.4. The van der Waals surface area contributed by atoms with Gasteiger partial charge in [0.25, 0.3) is 0 Å². The van der Waals surface area contributed by atoms with E-state index in [1.165, 1.54) is 0 Å². The van der Waals surface area contributed by atoms with Gasteiger partial charge in [-0.25, -0.2) is 0 Å². The van der Waals surface area contributed by atoms with E-state index in [-0.39, 0.29) is 11.5 Å². The molecular weight excluding hydrogens is 311 g/mol. The molecule has 1 heterocycles. The van der Waals surface area contributed by atoms with Crippen LogP contribution >= 0.6 is 23.2 Å². The SMILES string of the molecule is CC(C)Oc1cc(CN2CCN(C(=O)Cl)CC2)ccc1Cl. The predicted molar refractivity (Wildman–Crippen MR) is 85.3 cm³/mol. The number of hydrogen-bond acceptors (Lipinski definition) is 3. The Morgan fingerprint density at radius 2 is 1.95 bits per heavy atom. The fraction of sp³-hybridized carbons (Fsp3) is 0.533. The van der Waals surface area contributed by atoms with Crippen LogP contribution in [-0.2, 0) is 6.54 Å². The summed E-state index contributed by atoms with van der Waals surface area (Å²) >= 11 is 11.6. The van der Waals surface area contributed by atoms with E-state index in [2.05, 4.69) is 4.90 Å². The second kappa shape index (κ2) is 7.34. The van der Waals surface area contributed by atoms with Crippen LogP contribution in [0.25, 0.3) is 0 Å². The van der Waals surface area contributed by atoms with Crippen LogP contribution in [0.5, 0.6) is 5.75 Å². The van der Waals surface area contributed by atoms with Crippen molar-refractivity contribution in [3.8, 4) is 5.75 Å². The van der Waals surface area contributed by atoms with E-state index in [1.807, 2.05) is 32.0 Å². The summed E-state index contributed by atoms with van der Waals surface area (Å²) in [5, 5.41) is 0.263. The van der Waals surface area contributed by atoms with Crippen LogP contribution in [0.4, 0.5) is 4.79 Å². The number of rotatable bonds is 4. The molecule has 116 valence electrons. The molecule has 1 aromatic carbocycles. The van der Waals surface area contributed by atoms with E-state index in [4.69, 9.17) is 27.9 Å². The lowest BCUT2D eigenvalue weighted by Crippen LogP contribution is -2.46. The van der Waals surface area contributed by atoms with Gasteiger partial charge < -0.3 is 9.64 Å². The average molecular weight is 331 g/mol. The maximum absolute atomic E-state index is 11.1. The molecule has 0 aliphatic carbocycles.